The smallest absolute Gasteiger partial charge is 0.334 e. The van der Waals surface area contributed by atoms with Crippen molar-refractivity contribution in [3.05, 3.63) is 0 Å². The van der Waals surface area contributed by atoms with Crippen LogP contribution in [0.5, 0.6) is 0 Å². The van der Waals surface area contributed by atoms with Crippen molar-refractivity contribution in [2.75, 3.05) is 13.2 Å². The minimum atomic E-state index is -1.99. The summed E-state index contributed by atoms with van der Waals surface area (Å²) < 4.78 is 12.1. The second-order valence-electron chi connectivity index (χ2n) is 5.59. The van der Waals surface area contributed by atoms with E-state index in [-0.39, 0.29) is 0 Å². The molecule has 2 unspecified atom stereocenters. The van der Waals surface area contributed by atoms with Gasteiger partial charge in [-0.15, -0.1) is 0 Å². The van der Waals surface area contributed by atoms with Gasteiger partial charge < -0.3 is 14.6 Å². The van der Waals surface area contributed by atoms with Crippen LogP contribution in [0.1, 0.15) is 20.3 Å². The molecule has 0 amide bonds. The van der Waals surface area contributed by atoms with Crippen molar-refractivity contribution in [2.24, 2.45) is 5.73 Å². The van der Waals surface area contributed by atoms with Gasteiger partial charge in [-0.05, 0) is 39.4 Å². The highest BCUT2D eigenvalue weighted by molar-refractivity contribution is 6.78. The predicted octanol–water partition coefficient (Wildman–Crippen LogP) is 2.73. The maximum atomic E-state index is 6.27. The summed E-state index contributed by atoms with van der Waals surface area (Å²) in [6.07, 6.45) is 1.00. The first-order valence-corrected chi connectivity index (χ1v) is 12.4. The molecule has 2 atom stereocenters. The third kappa shape index (κ3) is 6.15. The first-order chi connectivity index (χ1) is 7.25. The van der Waals surface area contributed by atoms with Crippen molar-refractivity contribution in [2.45, 2.75) is 58.2 Å². The van der Waals surface area contributed by atoms with Gasteiger partial charge in [0.1, 0.15) is 0 Å². The van der Waals surface area contributed by atoms with Gasteiger partial charge >= 0.3 is 8.56 Å². The molecule has 0 aliphatic carbocycles. The van der Waals surface area contributed by atoms with Crippen molar-refractivity contribution in [1.29, 1.82) is 0 Å². The van der Waals surface area contributed by atoms with Crippen molar-refractivity contribution in [1.82, 2.24) is 0 Å². The van der Waals surface area contributed by atoms with Crippen LogP contribution in [0.4, 0.5) is 0 Å². The van der Waals surface area contributed by atoms with Crippen LogP contribution in [-0.4, -0.2) is 35.5 Å². The molecule has 0 bridgehead atoms. The van der Waals surface area contributed by atoms with Crippen LogP contribution in [0.2, 0.25) is 32.2 Å². The van der Waals surface area contributed by atoms with Crippen molar-refractivity contribution < 1.29 is 8.85 Å². The zero-order valence-electron chi connectivity index (χ0n) is 11.8. The molecule has 0 saturated heterocycles. The van der Waals surface area contributed by atoms with Crippen LogP contribution in [0.25, 0.3) is 0 Å². The fourth-order valence-electron chi connectivity index (χ4n) is 1.44. The molecule has 0 heterocycles. The second-order valence-corrected chi connectivity index (χ2v) is 14.4. The number of rotatable bonds is 8. The Morgan fingerprint density at radius 3 is 2.12 bits per heavy atom. The summed E-state index contributed by atoms with van der Waals surface area (Å²) in [7, 11) is -3.23. The quantitative estimate of drug-likeness (QED) is 0.685. The van der Waals surface area contributed by atoms with Gasteiger partial charge in [0.05, 0.1) is 8.07 Å². The van der Waals surface area contributed by atoms with Crippen LogP contribution >= 0.6 is 0 Å². The van der Waals surface area contributed by atoms with Crippen LogP contribution in [-0.2, 0) is 8.85 Å². The first kappa shape index (κ1) is 16.3. The third-order valence-corrected chi connectivity index (χ3v) is 8.74. The minimum absolute atomic E-state index is 0.355. The van der Waals surface area contributed by atoms with E-state index in [1.54, 1.807) is 0 Å². The molecule has 98 valence electrons. The molecular weight excluding hydrogens is 234 g/mol. The predicted molar refractivity (Wildman–Crippen MR) is 75.6 cm³/mol. The van der Waals surface area contributed by atoms with E-state index in [9.17, 15) is 0 Å². The molecule has 0 radical (unpaired) electrons. The Bertz CT molecular complexity index is 197. The molecule has 0 fully saturated rings. The summed E-state index contributed by atoms with van der Waals surface area (Å²) in [5.74, 6) is 0. The highest BCUT2D eigenvalue weighted by atomic mass is 28.4. The molecule has 3 nitrogen and oxygen atoms in total. The summed E-state index contributed by atoms with van der Waals surface area (Å²) in [6, 6.07) is 1.01. The van der Waals surface area contributed by atoms with Gasteiger partial charge in [-0.25, -0.2) is 0 Å². The molecule has 0 rings (SSSR count). The van der Waals surface area contributed by atoms with Crippen molar-refractivity contribution >= 4 is 16.6 Å². The fourth-order valence-corrected chi connectivity index (χ4v) is 6.14. The lowest BCUT2D eigenvalue weighted by atomic mass is 10.5. The van der Waals surface area contributed by atoms with E-state index in [1.165, 1.54) is 0 Å². The average molecular weight is 264 g/mol. The Hall–Kier alpha value is 0.314. The zero-order valence-corrected chi connectivity index (χ0v) is 13.8. The van der Waals surface area contributed by atoms with Gasteiger partial charge in [0.2, 0.25) is 0 Å². The highest BCUT2D eigenvalue weighted by Crippen LogP contribution is 2.22. The number of hydrogen-bond acceptors (Lipinski definition) is 3. The van der Waals surface area contributed by atoms with Gasteiger partial charge in [0.15, 0.2) is 0 Å². The van der Waals surface area contributed by atoms with Crippen LogP contribution in [0.3, 0.4) is 0 Å². The SMILES string of the molecule is CCO[Si](C)(CCCN)OC(C)[Si](C)(C)C. The number of nitrogens with two attached hydrogens (primary N) is 1. The fraction of sp³-hybridized carbons (Fsp3) is 1.00. The number of hydrogen-bond donors (Lipinski definition) is 1. The molecule has 0 spiro atoms. The van der Waals surface area contributed by atoms with E-state index < -0.39 is 16.6 Å². The molecule has 5 heteroatoms. The summed E-state index contributed by atoms with van der Waals surface area (Å²) in [5, 5.41) is 0. The first-order valence-electron chi connectivity index (χ1n) is 6.27. The van der Waals surface area contributed by atoms with Crippen LogP contribution in [0.15, 0.2) is 0 Å². The molecule has 0 aliphatic heterocycles. The average Bonchev–Trinajstić information content (AvgIpc) is 2.13. The maximum Gasteiger partial charge on any atom is 0.334 e. The van der Waals surface area contributed by atoms with E-state index in [4.69, 9.17) is 14.6 Å². The van der Waals surface area contributed by atoms with Gasteiger partial charge in [0, 0.05) is 12.3 Å². The third-order valence-electron chi connectivity index (χ3n) is 2.93. The summed E-state index contributed by atoms with van der Waals surface area (Å²) in [6.45, 7) is 14.9. The van der Waals surface area contributed by atoms with Crippen molar-refractivity contribution in [3.63, 3.8) is 0 Å². The molecule has 0 aromatic heterocycles. The van der Waals surface area contributed by atoms with Crippen LogP contribution < -0.4 is 5.73 Å². The Morgan fingerprint density at radius 1 is 1.19 bits per heavy atom. The second kappa shape index (κ2) is 6.91. The molecule has 0 saturated carbocycles. The molecule has 0 aliphatic rings. The van der Waals surface area contributed by atoms with E-state index >= 15 is 0 Å². The monoisotopic (exact) mass is 263 g/mol. The van der Waals surface area contributed by atoms with E-state index in [0.717, 1.165) is 25.6 Å². The normalized spacial score (nSPS) is 18.2. The van der Waals surface area contributed by atoms with Crippen molar-refractivity contribution in [3.8, 4) is 0 Å². The highest BCUT2D eigenvalue weighted by Gasteiger charge is 2.36. The largest absolute Gasteiger partial charge is 0.395 e. The van der Waals surface area contributed by atoms with Gasteiger partial charge in [-0.1, -0.05) is 19.6 Å². The lowest BCUT2D eigenvalue weighted by Gasteiger charge is -2.35. The topological polar surface area (TPSA) is 44.5 Å². The van der Waals surface area contributed by atoms with Gasteiger partial charge in [0.25, 0.3) is 0 Å². The van der Waals surface area contributed by atoms with E-state index in [0.29, 0.717) is 5.73 Å². The Labute approximate surface area is 103 Å². The van der Waals surface area contributed by atoms with Crippen LogP contribution in [0, 0.1) is 0 Å². The maximum absolute atomic E-state index is 6.27. The summed E-state index contributed by atoms with van der Waals surface area (Å²) in [4.78, 5) is 0. The standard InChI is InChI=1S/C11H29NO2Si2/c1-7-13-16(6,10-8-9-12)14-11(2)15(3,4)5/h11H,7-10,12H2,1-6H3. The molecule has 16 heavy (non-hydrogen) atoms. The Kier molecular flexibility index (Phi) is 7.04. The summed E-state index contributed by atoms with van der Waals surface area (Å²) >= 11 is 0. The lowest BCUT2D eigenvalue weighted by molar-refractivity contribution is 0.165. The molecule has 0 aromatic carbocycles. The summed E-state index contributed by atoms with van der Waals surface area (Å²) in [5.41, 5.74) is 5.92. The van der Waals surface area contributed by atoms with E-state index in [2.05, 4.69) is 33.1 Å². The molecular formula is C11H29NO2Si2. The minimum Gasteiger partial charge on any atom is -0.395 e. The molecule has 0 aromatic rings. The Morgan fingerprint density at radius 2 is 1.75 bits per heavy atom. The lowest BCUT2D eigenvalue weighted by Crippen LogP contribution is -2.49. The van der Waals surface area contributed by atoms with Gasteiger partial charge in [-0.2, -0.15) is 0 Å². The Balaban J connectivity index is 4.41. The van der Waals surface area contributed by atoms with Gasteiger partial charge in [-0.3, -0.25) is 0 Å². The van der Waals surface area contributed by atoms with E-state index in [1.807, 2.05) is 6.92 Å². The zero-order chi connectivity index (χ0) is 12.8. The molecule has 2 N–H and O–H groups in total.